The zero-order chi connectivity index (χ0) is 11.8. The number of aliphatic hydroxyl groups excluding tert-OH is 1. The third-order valence-corrected chi connectivity index (χ3v) is 3.22. The number of hydrogen-bond acceptors (Lipinski definition) is 3. The van der Waals surface area contributed by atoms with E-state index in [4.69, 9.17) is 5.73 Å². The molecule has 0 aliphatic heterocycles. The number of nitrogens with two attached hydrogens (primary N) is 1. The zero-order valence-electron chi connectivity index (χ0n) is 8.47. The second-order valence-electron chi connectivity index (χ2n) is 3.78. The Morgan fingerprint density at radius 3 is 2.62 bits per heavy atom. The zero-order valence-corrected chi connectivity index (χ0v) is 10.1. The highest BCUT2D eigenvalue weighted by molar-refractivity contribution is 9.11. The summed E-state index contributed by atoms with van der Waals surface area (Å²) in [6.45, 7) is 0. The molecule has 0 saturated heterocycles. The van der Waals surface area contributed by atoms with Crippen molar-refractivity contribution in [3.05, 3.63) is 52.5 Å². The van der Waals surface area contributed by atoms with Gasteiger partial charge in [-0.3, -0.25) is 0 Å². The van der Waals surface area contributed by atoms with Crippen LogP contribution in [0, 0.1) is 0 Å². The predicted octanol–water partition coefficient (Wildman–Crippen LogP) is 1.76. The van der Waals surface area contributed by atoms with Gasteiger partial charge < -0.3 is 15.9 Å². The fourth-order valence-corrected chi connectivity index (χ4v) is 2.13. The molecule has 0 bridgehead atoms. The van der Waals surface area contributed by atoms with Crippen molar-refractivity contribution in [1.29, 1.82) is 0 Å². The van der Waals surface area contributed by atoms with Gasteiger partial charge in [0, 0.05) is 10.0 Å². The Hall–Kier alpha value is -1.10. The number of rotatable bonds is 1. The average molecular weight is 282 g/mol. The highest BCUT2D eigenvalue weighted by atomic mass is 79.9. The quantitative estimate of drug-likeness (QED) is 0.735. The number of aromatic hydroxyl groups is 1. The molecule has 0 spiro atoms. The number of allylic oxidation sites excluding steroid dienone is 2. The van der Waals surface area contributed by atoms with Crippen LogP contribution in [0.1, 0.15) is 5.56 Å². The number of benzene rings is 1. The summed E-state index contributed by atoms with van der Waals surface area (Å²) in [7, 11) is 0. The van der Waals surface area contributed by atoms with E-state index in [9.17, 15) is 10.2 Å². The predicted molar refractivity (Wildman–Crippen MR) is 66.1 cm³/mol. The van der Waals surface area contributed by atoms with Gasteiger partial charge in [0.25, 0.3) is 0 Å². The van der Waals surface area contributed by atoms with Crippen LogP contribution >= 0.6 is 15.9 Å². The number of aliphatic hydroxyl groups is 1. The average Bonchev–Trinajstić information content (AvgIpc) is 2.25. The van der Waals surface area contributed by atoms with Gasteiger partial charge in [0.05, 0.1) is 11.6 Å². The van der Waals surface area contributed by atoms with E-state index in [1.165, 1.54) is 0 Å². The van der Waals surface area contributed by atoms with Crippen LogP contribution < -0.4 is 5.73 Å². The van der Waals surface area contributed by atoms with Crippen molar-refractivity contribution in [1.82, 2.24) is 0 Å². The van der Waals surface area contributed by atoms with Crippen LogP contribution in [0.25, 0.3) is 0 Å². The maximum atomic E-state index is 9.98. The lowest BCUT2D eigenvalue weighted by Gasteiger charge is -2.33. The fraction of sp³-hybridized carbons (Fsp3) is 0.167. The van der Waals surface area contributed by atoms with Crippen LogP contribution in [0.5, 0.6) is 5.75 Å². The second-order valence-corrected chi connectivity index (χ2v) is 4.70. The number of phenolic OH excluding ortho intramolecular Hbond substituents is 1. The lowest BCUT2D eigenvalue weighted by Crippen LogP contribution is -2.46. The Bertz CT molecular complexity index is 470. The first-order valence-corrected chi connectivity index (χ1v) is 5.65. The Balaban J connectivity index is 2.49. The van der Waals surface area contributed by atoms with E-state index in [2.05, 4.69) is 15.9 Å². The van der Waals surface area contributed by atoms with Crippen molar-refractivity contribution in [2.75, 3.05) is 0 Å². The number of hydrogen-bond donors (Lipinski definition) is 3. The Labute approximate surface area is 102 Å². The summed E-state index contributed by atoms with van der Waals surface area (Å²) in [5, 5.41) is 19.7. The molecule has 1 aliphatic rings. The van der Waals surface area contributed by atoms with E-state index in [1.807, 2.05) is 0 Å². The molecule has 1 aromatic carbocycles. The van der Waals surface area contributed by atoms with Crippen LogP contribution in [0.4, 0.5) is 0 Å². The number of para-hydroxylation sites is 1. The molecule has 4 heteroatoms. The monoisotopic (exact) mass is 281 g/mol. The van der Waals surface area contributed by atoms with Crippen LogP contribution in [0.2, 0.25) is 0 Å². The first kappa shape index (κ1) is 11.4. The van der Waals surface area contributed by atoms with Crippen molar-refractivity contribution in [2.45, 2.75) is 11.6 Å². The van der Waals surface area contributed by atoms with E-state index in [1.54, 1.807) is 42.5 Å². The van der Waals surface area contributed by atoms with Crippen LogP contribution in [0.3, 0.4) is 0 Å². The standard InChI is InChI=1S/C12H12BrNO2/c13-8-5-6-12(14,11(16)7-8)9-3-1-2-4-10(9)15/h1-7,11,15-16H,14H2. The maximum absolute atomic E-state index is 9.98. The summed E-state index contributed by atoms with van der Waals surface area (Å²) in [6.07, 6.45) is 4.17. The third kappa shape index (κ3) is 1.80. The molecule has 16 heavy (non-hydrogen) atoms. The van der Waals surface area contributed by atoms with Crippen molar-refractivity contribution in [3.63, 3.8) is 0 Å². The van der Waals surface area contributed by atoms with Gasteiger partial charge >= 0.3 is 0 Å². The summed E-state index contributed by atoms with van der Waals surface area (Å²) in [5.41, 5.74) is 5.55. The molecular formula is C12H12BrNO2. The summed E-state index contributed by atoms with van der Waals surface area (Å²) < 4.78 is 0.775. The highest BCUT2D eigenvalue weighted by Crippen LogP contribution is 2.35. The van der Waals surface area contributed by atoms with Gasteiger partial charge in [-0.05, 0) is 18.2 Å². The summed E-state index contributed by atoms with van der Waals surface area (Å²) in [5.74, 6) is 0.0834. The highest BCUT2D eigenvalue weighted by Gasteiger charge is 2.35. The van der Waals surface area contributed by atoms with E-state index in [0.29, 0.717) is 5.56 Å². The summed E-state index contributed by atoms with van der Waals surface area (Å²) >= 11 is 3.27. The normalized spacial score (nSPS) is 28.9. The van der Waals surface area contributed by atoms with E-state index in [-0.39, 0.29) is 5.75 Å². The minimum atomic E-state index is -1.08. The largest absolute Gasteiger partial charge is 0.508 e. The lowest BCUT2D eigenvalue weighted by atomic mass is 9.82. The van der Waals surface area contributed by atoms with Crippen LogP contribution in [0.15, 0.2) is 47.0 Å². The molecule has 2 atom stereocenters. The Morgan fingerprint density at radius 2 is 2.00 bits per heavy atom. The van der Waals surface area contributed by atoms with Crippen LogP contribution in [-0.4, -0.2) is 16.3 Å². The van der Waals surface area contributed by atoms with Gasteiger partial charge in [0.2, 0.25) is 0 Å². The molecule has 1 aromatic rings. The van der Waals surface area contributed by atoms with Gasteiger partial charge in [-0.25, -0.2) is 0 Å². The SMILES string of the molecule is NC1(c2ccccc2O)C=CC(Br)=CC1O. The Morgan fingerprint density at radius 1 is 1.31 bits per heavy atom. The first-order chi connectivity index (χ1) is 7.54. The molecule has 3 nitrogen and oxygen atoms in total. The lowest BCUT2D eigenvalue weighted by molar-refractivity contribution is 0.150. The molecule has 0 fully saturated rings. The van der Waals surface area contributed by atoms with Gasteiger partial charge in [0.15, 0.2) is 0 Å². The summed E-state index contributed by atoms with van der Waals surface area (Å²) in [4.78, 5) is 0. The van der Waals surface area contributed by atoms with Crippen molar-refractivity contribution in [3.8, 4) is 5.75 Å². The smallest absolute Gasteiger partial charge is 0.121 e. The molecule has 0 heterocycles. The van der Waals surface area contributed by atoms with Crippen LogP contribution in [-0.2, 0) is 5.54 Å². The van der Waals surface area contributed by atoms with Gasteiger partial charge in [-0.1, -0.05) is 40.2 Å². The second kappa shape index (κ2) is 4.05. The molecule has 1 aliphatic carbocycles. The molecule has 0 amide bonds. The maximum Gasteiger partial charge on any atom is 0.121 e. The van der Waals surface area contributed by atoms with Gasteiger partial charge in [-0.15, -0.1) is 0 Å². The van der Waals surface area contributed by atoms with E-state index < -0.39 is 11.6 Å². The topological polar surface area (TPSA) is 66.5 Å². The Kier molecular flexibility index (Phi) is 2.88. The van der Waals surface area contributed by atoms with Gasteiger partial charge in [-0.2, -0.15) is 0 Å². The fourth-order valence-electron chi connectivity index (χ4n) is 1.75. The molecule has 84 valence electrons. The number of phenols is 1. The van der Waals surface area contributed by atoms with Gasteiger partial charge in [0.1, 0.15) is 5.75 Å². The third-order valence-electron chi connectivity index (χ3n) is 2.70. The minimum absolute atomic E-state index is 0.0834. The molecule has 4 N–H and O–H groups in total. The molecule has 2 unspecified atom stereocenters. The molecule has 0 aromatic heterocycles. The van der Waals surface area contributed by atoms with Crippen molar-refractivity contribution < 1.29 is 10.2 Å². The van der Waals surface area contributed by atoms with Crippen molar-refractivity contribution >= 4 is 15.9 Å². The summed E-state index contributed by atoms with van der Waals surface area (Å²) in [6, 6.07) is 6.75. The molecule has 2 rings (SSSR count). The van der Waals surface area contributed by atoms with E-state index >= 15 is 0 Å². The number of halogens is 1. The van der Waals surface area contributed by atoms with E-state index in [0.717, 1.165) is 4.48 Å². The minimum Gasteiger partial charge on any atom is -0.508 e. The van der Waals surface area contributed by atoms with Crippen molar-refractivity contribution in [2.24, 2.45) is 5.73 Å². The molecule has 0 radical (unpaired) electrons. The molecular weight excluding hydrogens is 270 g/mol. The molecule has 0 saturated carbocycles. The first-order valence-electron chi connectivity index (χ1n) is 4.86.